The summed E-state index contributed by atoms with van der Waals surface area (Å²) < 4.78 is 23.9. The molecule has 5 heteroatoms. The molecule has 1 heterocycles. The quantitative estimate of drug-likeness (QED) is 0.920. The third-order valence-corrected chi connectivity index (χ3v) is 5.82. The van der Waals surface area contributed by atoms with Gasteiger partial charge in [0.15, 0.2) is 0 Å². The van der Waals surface area contributed by atoms with E-state index in [1.807, 2.05) is 58.0 Å². The highest BCUT2D eigenvalue weighted by Gasteiger charge is 2.27. The van der Waals surface area contributed by atoms with E-state index < -0.39 is 10.0 Å². The maximum absolute atomic E-state index is 11.8. The normalized spacial score (nSPS) is 12.7. The summed E-state index contributed by atoms with van der Waals surface area (Å²) in [5.74, 6) is 0. The lowest BCUT2D eigenvalue weighted by molar-refractivity contribution is 0.568. The minimum atomic E-state index is -3.70. The summed E-state index contributed by atoms with van der Waals surface area (Å²) in [7, 11) is -3.70. The van der Waals surface area contributed by atoms with E-state index in [4.69, 9.17) is 5.14 Å². The maximum Gasteiger partial charge on any atom is 0.247 e. The third kappa shape index (κ3) is 2.95. The Morgan fingerprint density at radius 2 is 1.75 bits per heavy atom. The summed E-state index contributed by atoms with van der Waals surface area (Å²) in [4.78, 5) is 0.942. The lowest BCUT2D eigenvalue weighted by Gasteiger charge is -2.18. The highest BCUT2D eigenvalue weighted by molar-refractivity contribution is 7.91. The van der Waals surface area contributed by atoms with Crippen LogP contribution >= 0.6 is 11.3 Å². The van der Waals surface area contributed by atoms with E-state index >= 15 is 0 Å². The van der Waals surface area contributed by atoms with Crippen molar-refractivity contribution in [3.63, 3.8) is 0 Å². The molecule has 0 spiro atoms. The summed E-state index contributed by atoms with van der Waals surface area (Å²) in [6, 6.07) is 9.89. The van der Waals surface area contributed by atoms with Crippen LogP contribution in [-0.2, 0) is 15.4 Å². The zero-order valence-corrected chi connectivity index (χ0v) is 13.7. The number of nitrogens with two attached hydrogens (primary N) is 1. The summed E-state index contributed by atoms with van der Waals surface area (Å²) in [6.07, 6.45) is 0. The number of benzene rings is 1. The van der Waals surface area contributed by atoms with Crippen LogP contribution in [0.5, 0.6) is 0 Å². The van der Waals surface area contributed by atoms with Gasteiger partial charge in [0.25, 0.3) is 0 Å². The molecule has 2 rings (SSSR count). The average Bonchev–Trinajstić information content (AvgIpc) is 2.73. The SMILES string of the molecule is Cc1ccccc1-c1cc(C(C)(C)C)c(S(N)(=O)=O)s1. The molecule has 2 aromatic rings. The number of sulfonamides is 1. The van der Waals surface area contributed by atoms with Crippen LogP contribution in [0, 0.1) is 6.92 Å². The Balaban J connectivity index is 2.71. The molecule has 1 aromatic carbocycles. The van der Waals surface area contributed by atoms with Crippen molar-refractivity contribution in [2.24, 2.45) is 5.14 Å². The van der Waals surface area contributed by atoms with Crippen molar-refractivity contribution in [2.45, 2.75) is 37.3 Å². The summed E-state index contributed by atoms with van der Waals surface area (Å²) in [5.41, 5.74) is 2.69. The molecule has 20 heavy (non-hydrogen) atoms. The van der Waals surface area contributed by atoms with Crippen LogP contribution in [0.3, 0.4) is 0 Å². The smallest absolute Gasteiger partial charge is 0.224 e. The van der Waals surface area contributed by atoms with Crippen LogP contribution in [0.15, 0.2) is 34.5 Å². The van der Waals surface area contributed by atoms with Gasteiger partial charge in [0.2, 0.25) is 10.0 Å². The Morgan fingerprint density at radius 1 is 1.15 bits per heavy atom. The van der Waals surface area contributed by atoms with E-state index in [1.54, 1.807) is 0 Å². The predicted octanol–water partition coefficient (Wildman–Crippen LogP) is 3.67. The molecule has 108 valence electrons. The standard InChI is InChI=1S/C15H19NO2S2/c1-10-7-5-6-8-11(10)13-9-12(15(2,3)4)14(19-13)20(16,17)18/h5-9H,1-4H3,(H2,16,17,18). The minimum absolute atomic E-state index is 0.265. The number of rotatable bonds is 2. The largest absolute Gasteiger partial charge is 0.247 e. The van der Waals surface area contributed by atoms with Crippen LogP contribution < -0.4 is 5.14 Å². The molecule has 0 bridgehead atoms. The topological polar surface area (TPSA) is 60.2 Å². The van der Waals surface area contributed by atoms with Crippen molar-refractivity contribution in [2.75, 3.05) is 0 Å². The van der Waals surface area contributed by atoms with Gasteiger partial charge in [0, 0.05) is 4.88 Å². The van der Waals surface area contributed by atoms with Crippen molar-refractivity contribution in [3.05, 3.63) is 41.5 Å². The monoisotopic (exact) mass is 309 g/mol. The van der Waals surface area contributed by atoms with E-state index in [0.717, 1.165) is 21.6 Å². The van der Waals surface area contributed by atoms with Gasteiger partial charge >= 0.3 is 0 Å². The van der Waals surface area contributed by atoms with E-state index in [1.165, 1.54) is 11.3 Å². The molecule has 1 aromatic heterocycles. The van der Waals surface area contributed by atoms with Gasteiger partial charge in [-0.15, -0.1) is 11.3 Å². The van der Waals surface area contributed by atoms with Crippen LogP contribution in [0.4, 0.5) is 0 Å². The van der Waals surface area contributed by atoms with E-state index in [0.29, 0.717) is 0 Å². The second kappa shape index (κ2) is 4.98. The zero-order valence-electron chi connectivity index (χ0n) is 12.1. The minimum Gasteiger partial charge on any atom is -0.224 e. The van der Waals surface area contributed by atoms with Crippen molar-refractivity contribution in [1.29, 1.82) is 0 Å². The number of primary sulfonamides is 1. The number of thiophene rings is 1. The molecule has 0 amide bonds. The molecule has 3 nitrogen and oxygen atoms in total. The van der Waals surface area contributed by atoms with Crippen molar-refractivity contribution in [1.82, 2.24) is 0 Å². The second-order valence-corrected chi connectivity index (χ2v) is 8.73. The van der Waals surface area contributed by atoms with Crippen molar-refractivity contribution in [3.8, 4) is 10.4 Å². The van der Waals surface area contributed by atoms with E-state index in [2.05, 4.69) is 0 Å². The molecule has 0 saturated carbocycles. The predicted molar refractivity (Wildman–Crippen MR) is 84.6 cm³/mol. The lowest BCUT2D eigenvalue weighted by Crippen LogP contribution is -2.18. The first-order chi connectivity index (χ1) is 9.10. The fourth-order valence-electron chi connectivity index (χ4n) is 2.09. The van der Waals surface area contributed by atoms with Gasteiger partial charge < -0.3 is 0 Å². The Bertz CT molecular complexity index is 737. The highest BCUT2D eigenvalue weighted by atomic mass is 32.2. The van der Waals surface area contributed by atoms with Gasteiger partial charge in [-0.25, -0.2) is 13.6 Å². The van der Waals surface area contributed by atoms with Gasteiger partial charge in [-0.2, -0.15) is 0 Å². The Kier molecular flexibility index (Phi) is 3.79. The molecule has 0 atom stereocenters. The third-order valence-electron chi connectivity index (χ3n) is 3.17. The molecular formula is C15H19NO2S2. The first kappa shape index (κ1) is 15.2. The highest BCUT2D eigenvalue weighted by Crippen LogP contribution is 2.40. The second-order valence-electron chi connectivity index (χ2n) is 5.92. The lowest BCUT2D eigenvalue weighted by atomic mass is 9.88. The van der Waals surface area contributed by atoms with E-state index in [9.17, 15) is 8.42 Å². The van der Waals surface area contributed by atoms with Crippen molar-refractivity contribution >= 4 is 21.4 Å². The van der Waals surface area contributed by atoms with Gasteiger partial charge in [-0.3, -0.25) is 0 Å². The average molecular weight is 309 g/mol. The maximum atomic E-state index is 11.8. The molecule has 0 aliphatic heterocycles. The zero-order chi connectivity index (χ0) is 15.1. The van der Waals surface area contributed by atoms with Gasteiger partial charge in [-0.1, -0.05) is 45.0 Å². The molecular weight excluding hydrogens is 290 g/mol. The Morgan fingerprint density at radius 3 is 2.20 bits per heavy atom. The Labute approximate surface area is 124 Å². The van der Waals surface area contributed by atoms with Crippen LogP contribution in [0.25, 0.3) is 10.4 Å². The number of hydrogen-bond acceptors (Lipinski definition) is 3. The van der Waals surface area contributed by atoms with Gasteiger partial charge in [-0.05, 0) is 35.1 Å². The van der Waals surface area contributed by atoms with Crippen LogP contribution in [0.1, 0.15) is 31.9 Å². The van der Waals surface area contributed by atoms with Gasteiger partial charge in [0.1, 0.15) is 4.21 Å². The molecule has 0 saturated heterocycles. The molecule has 0 aliphatic rings. The molecule has 0 aliphatic carbocycles. The summed E-state index contributed by atoms with van der Waals surface area (Å²) in [5, 5.41) is 5.37. The molecule has 0 unspecified atom stereocenters. The summed E-state index contributed by atoms with van der Waals surface area (Å²) in [6.45, 7) is 7.99. The fraction of sp³-hybridized carbons (Fsp3) is 0.333. The first-order valence-corrected chi connectivity index (χ1v) is 8.70. The molecule has 2 N–H and O–H groups in total. The van der Waals surface area contributed by atoms with Crippen LogP contribution in [0.2, 0.25) is 0 Å². The first-order valence-electron chi connectivity index (χ1n) is 6.34. The van der Waals surface area contributed by atoms with Gasteiger partial charge in [0.05, 0.1) is 0 Å². The van der Waals surface area contributed by atoms with Crippen LogP contribution in [-0.4, -0.2) is 8.42 Å². The molecule has 0 radical (unpaired) electrons. The Hall–Kier alpha value is -1.17. The summed E-state index contributed by atoms with van der Waals surface area (Å²) >= 11 is 1.25. The van der Waals surface area contributed by atoms with E-state index in [-0.39, 0.29) is 9.62 Å². The molecule has 0 fully saturated rings. The number of aryl methyl sites for hydroxylation is 1. The number of hydrogen-bond donors (Lipinski definition) is 1. The van der Waals surface area contributed by atoms with Crippen molar-refractivity contribution < 1.29 is 8.42 Å². The fourth-order valence-corrected chi connectivity index (χ4v) is 4.69.